The first-order chi connectivity index (χ1) is 10.1. The SMILES string of the molecule is O=C(NC1CCCS(=O)(=O)C1)C1NCCc2ccccc21. The number of nitrogens with one attached hydrogen (secondary N) is 2. The van der Waals surface area contributed by atoms with E-state index >= 15 is 0 Å². The standard InChI is InChI=1S/C15H20N2O3S/c18-15(17-12-5-3-9-21(19,20)10-12)14-13-6-2-1-4-11(13)7-8-16-14/h1-2,4,6,12,14,16H,3,5,7-10H2,(H,17,18). The van der Waals surface area contributed by atoms with E-state index in [2.05, 4.69) is 10.6 Å². The smallest absolute Gasteiger partial charge is 0.241 e. The molecule has 1 saturated heterocycles. The van der Waals surface area contributed by atoms with Gasteiger partial charge in [-0.05, 0) is 30.4 Å². The fourth-order valence-electron chi connectivity index (χ4n) is 3.16. The van der Waals surface area contributed by atoms with Crippen molar-refractivity contribution in [2.75, 3.05) is 18.1 Å². The number of sulfone groups is 1. The number of fused-ring (bicyclic) bond motifs is 1. The molecule has 5 nitrogen and oxygen atoms in total. The van der Waals surface area contributed by atoms with Crippen LogP contribution in [-0.2, 0) is 21.1 Å². The van der Waals surface area contributed by atoms with E-state index in [1.165, 1.54) is 5.56 Å². The van der Waals surface area contributed by atoms with Gasteiger partial charge < -0.3 is 10.6 Å². The molecule has 2 N–H and O–H groups in total. The Labute approximate surface area is 125 Å². The summed E-state index contributed by atoms with van der Waals surface area (Å²) < 4.78 is 23.3. The highest BCUT2D eigenvalue weighted by Crippen LogP contribution is 2.23. The Morgan fingerprint density at radius 2 is 2.10 bits per heavy atom. The summed E-state index contributed by atoms with van der Waals surface area (Å²) >= 11 is 0. The average molecular weight is 308 g/mol. The zero-order valence-corrected chi connectivity index (χ0v) is 12.7. The molecule has 1 amide bonds. The van der Waals surface area contributed by atoms with Gasteiger partial charge in [0.15, 0.2) is 9.84 Å². The van der Waals surface area contributed by atoms with Gasteiger partial charge >= 0.3 is 0 Å². The minimum atomic E-state index is -3.00. The number of carbonyl (C=O) groups is 1. The molecule has 3 rings (SSSR count). The fraction of sp³-hybridized carbons (Fsp3) is 0.533. The maximum Gasteiger partial charge on any atom is 0.241 e. The molecular formula is C15H20N2O3S. The van der Waals surface area contributed by atoms with Crippen molar-refractivity contribution >= 4 is 15.7 Å². The van der Waals surface area contributed by atoms with Crippen molar-refractivity contribution in [2.24, 2.45) is 0 Å². The van der Waals surface area contributed by atoms with Gasteiger partial charge in [0.05, 0.1) is 11.5 Å². The third-order valence-corrected chi connectivity index (χ3v) is 6.00. The molecule has 1 aromatic carbocycles. The third-order valence-electron chi connectivity index (χ3n) is 4.18. The van der Waals surface area contributed by atoms with Crippen LogP contribution in [0.1, 0.15) is 30.0 Å². The number of amides is 1. The molecule has 0 bridgehead atoms. The monoisotopic (exact) mass is 308 g/mol. The van der Waals surface area contributed by atoms with E-state index in [0.717, 1.165) is 24.9 Å². The number of carbonyl (C=O) groups excluding carboxylic acids is 1. The minimum absolute atomic E-state index is 0.0626. The Morgan fingerprint density at radius 1 is 1.29 bits per heavy atom. The molecule has 0 radical (unpaired) electrons. The van der Waals surface area contributed by atoms with Crippen LogP contribution < -0.4 is 10.6 Å². The molecular weight excluding hydrogens is 288 g/mol. The quantitative estimate of drug-likeness (QED) is 0.837. The number of rotatable bonds is 2. The van der Waals surface area contributed by atoms with Gasteiger partial charge in [0.25, 0.3) is 0 Å². The highest BCUT2D eigenvalue weighted by atomic mass is 32.2. The van der Waals surface area contributed by atoms with E-state index in [1.54, 1.807) is 0 Å². The normalized spacial score (nSPS) is 27.6. The van der Waals surface area contributed by atoms with Crippen LogP contribution in [0.15, 0.2) is 24.3 Å². The predicted octanol–water partition coefficient (Wildman–Crippen LogP) is 0.567. The molecule has 0 saturated carbocycles. The van der Waals surface area contributed by atoms with Gasteiger partial charge in [-0.15, -0.1) is 0 Å². The lowest BCUT2D eigenvalue weighted by Gasteiger charge is -2.29. The molecule has 1 fully saturated rings. The lowest BCUT2D eigenvalue weighted by molar-refractivity contribution is -0.124. The molecule has 2 aliphatic heterocycles. The molecule has 2 aliphatic rings. The first-order valence-corrected chi connectivity index (χ1v) is 9.19. The number of hydrogen-bond acceptors (Lipinski definition) is 4. The van der Waals surface area contributed by atoms with E-state index < -0.39 is 9.84 Å². The van der Waals surface area contributed by atoms with Gasteiger partial charge in [0.2, 0.25) is 5.91 Å². The summed E-state index contributed by atoms with van der Waals surface area (Å²) in [5.74, 6) is 0.182. The summed E-state index contributed by atoms with van der Waals surface area (Å²) in [4.78, 5) is 12.5. The predicted molar refractivity (Wildman–Crippen MR) is 80.7 cm³/mol. The number of benzene rings is 1. The van der Waals surface area contributed by atoms with Crippen LogP contribution >= 0.6 is 0 Å². The van der Waals surface area contributed by atoms with E-state index in [0.29, 0.717) is 6.42 Å². The van der Waals surface area contributed by atoms with E-state index in [1.807, 2.05) is 24.3 Å². The van der Waals surface area contributed by atoms with Crippen molar-refractivity contribution < 1.29 is 13.2 Å². The van der Waals surface area contributed by atoms with E-state index in [-0.39, 0.29) is 29.5 Å². The van der Waals surface area contributed by atoms with Gasteiger partial charge in [0, 0.05) is 12.6 Å². The molecule has 1 aromatic rings. The van der Waals surface area contributed by atoms with Crippen molar-refractivity contribution in [1.82, 2.24) is 10.6 Å². The van der Waals surface area contributed by atoms with Crippen molar-refractivity contribution in [3.05, 3.63) is 35.4 Å². The van der Waals surface area contributed by atoms with Crippen LogP contribution in [0.25, 0.3) is 0 Å². The Balaban J connectivity index is 1.72. The van der Waals surface area contributed by atoms with Crippen LogP contribution in [0.3, 0.4) is 0 Å². The van der Waals surface area contributed by atoms with Crippen molar-refractivity contribution in [3.8, 4) is 0 Å². The second-order valence-corrected chi connectivity index (χ2v) is 8.03. The minimum Gasteiger partial charge on any atom is -0.351 e. The summed E-state index contributed by atoms with van der Waals surface area (Å²) in [6, 6.07) is 7.28. The van der Waals surface area contributed by atoms with Gasteiger partial charge in [-0.1, -0.05) is 24.3 Å². The van der Waals surface area contributed by atoms with Crippen LogP contribution in [0.5, 0.6) is 0 Å². The molecule has 0 aliphatic carbocycles. The van der Waals surface area contributed by atoms with Gasteiger partial charge in [-0.3, -0.25) is 4.79 Å². The van der Waals surface area contributed by atoms with Crippen LogP contribution in [0, 0.1) is 0 Å². The van der Waals surface area contributed by atoms with Crippen LogP contribution in [0.4, 0.5) is 0 Å². The molecule has 6 heteroatoms. The van der Waals surface area contributed by atoms with E-state index in [4.69, 9.17) is 0 Å². The number of hydrogen-bond donors (Lipinski definition) is 2. The first-order valence-electron chi connectivity index (χ1n) is 7.37. The lowest BCUT2D eigenvalue weighted by Crippen LogP contribution is -2.48. The maximum absolute atomic E-state index is 12.5. The fourth-order valence-corrected chi connectivity index (χ4v) is 4.80. The van der Waals surface area contributed by atoms with Gasteiger partial charge in [0.1, 0.15) is 6.04 Å². The summed E-state index contributed by atoms with van der Waals surface area (Å²) in [5, 5.41) is 6.13. The molecule has 21 heavy (non-hydrogen) atoms. The van der Waals surface area contributed by atoms with E-state index in [9.17, 15) is 13.2 Å². The van der Waals surface area contributed by atoms with Crippen molar-refractivity contribution in [1.29, 1.82) is 0 Å². The second kappa shape index (κ2) is 5.77. The Bertz CT molecular complexity index is 642. The molecule has 0 aromatic heterocycles. The molecule has 0 spiro atoms. The zero-order valence-electron chi connectivity index (χ0n) is 11.8. The summed E-state index contributed by atoms with van der Waals surface area (Å²) in [7, 11) is -3.00. The molecule has 2 heterocycles. The van der Waals surface area contributed by atoms with Crippen molar-refractivity contribution in [3.63, 3.8) is 0 Å². The van der Waals surface area contributed by atoms with Gasteiger partial charge in [-0.2, -0.15) is 0 Å². The summed E-state index contributed by atoms with van der Waals surface area (Å²) in [5.41, 5.74) is 2.19. The second-order valence-electron chi connectivity index (χ2n) is 5.80. The third kappa shape index (κ3) is 3.27. The lowest BCUT2D eigenvalue weighted by atomic mass is 9.93. The summed E-state index contributed by atoms with van der Waals surface area (Å²) in [6.07, 6.45) is 2.28. The Morgan fingerprint density at radius 3 is 2.90 bits per heavy atom. The first kappa shape index (κ1) is 14.5. The molecule has 2 unspecified atom stereocenters. The average Bonchev–Trinajstić information content (AvgIpc) is 2.45. The summed E-state index contributed by atoms with van der Waals surface area (Å²) in [6.45, 7) is 0.762. The van der Waals surface area contributed by atoms with Crippen molar-refractivity contribution in [2.45, 2.75) is 31.3 Å². The van der Waals surface area contributed by atoms with Gasteiger partial charge in [-0.25, -0.2) is 8.42 Å². The zero-order chi connectivity index (χ0) is 14.9. The Hall–Kier alpha value is -1.40. The Kier molecular flexibility index (Phi) is 3.99. The largest absolute Gasteiger partial charge is 0.351 e. The molecule has 2 atom stereocenters. The topological polar surface area (TPSA) is 75.3 Å². The highest BCUT2D eigenvalue weighted by Gasteiger charge is 2.30. The van der Waals surface area contributed by atoms with Crippen LogP contribution in [-0.4, -0.2) is 38.4 Å². The maximum atomic E-state index is 12.5. The molecule has 114 valence electrons. The highest BCUT2D eigenvalue weighted by molar-refractivity contribution is 7.91. The van der Waals surface area contributed by atoms with Crippen LogP contribution in [0.2, 0.25) is 0 Å².